The topological polar surface area (TPSA) is 60.0 Å². The fourth-order valence-corrected chi connectivity index (χ4v) is 4.49. The van der Waals surface area contributed by atoms with Crippen molar-refractivity contribution in [3.63, 3.8) is 0 Å². The molecule has 1 N–H and O–H groups in total. The first-order valence-electron chi connectivity index (χ1n) is 9.88. The van der Waals surface area contributed by atoms with Gasteiger partial charge in [-0.3, -0.25) is 4.79 Å². The molecule has 6 nitrogen and oxygen atoms in total. The summed E-state index contributed by atoms with van der Waals surface area (Å²) in [7, 11) is 1.65. The van der Waals surface area contributed by atoms with Crippen molar-refractivity contribution >= 4 is 17.3 Å². The number of nitrogens with one attached hydrogen (secondary N) is 1. The van der Waals surface area contributed by atoms with E-state index in [1.165, 1.54) is 0 Å². The zero-order chi connectivity index (χ0) is 19.1. The average Bonchev–Trinajstić information content (AvgIpc) is 3.34. The van der Waals surface area contributed by atoms with Gasteiger partial charge >= 0.3 is 0 Å². The Morgan fingerprint density at radius 1 is 1.26 bits per heavy atom. The molecule has 3 fully saturated rings. The van der Waals surface area contributed by atoms with E-state index < -0.39 is 0 Å². The van der Waals surface area contributed by atoms with E-state index in [-0.39, 0.29) is 22.8 Å². The minimum absolute atomic E-state index is 0.103. The molecule has 2 heterocycles. The van der Waals surface area contributed by atoms with Crippen molar-refractivity contribution in [1.82, 2.24) is 0 Å². The van der Waals surface area contributed by atoms with Gasteiger partial charge in [-0.25, -0.2) is 0 Å². The lowest BCUT2D eigenvalue weighted by Crippen LogP contribution is -2.48. The summed E-state index contributed by atoms with van der Waals surface area (Å²) in [4.78, 5) is 15.1. The summed E-state index contributed by atoms with van der Waals surface area (Å²) >= 11 is 0. The van der Waals surface area contributed by atoms with Crippen molar-refractivity contribution in [2.75, 3.05) is 50.2 Å². The molecule has 148 valence electrons. The van der Waals surface area contributed by atoms with E-state index >= 15 is 0 Å². The van der Waals surface area contributed by atoms with Crippen molar-refractivity contribution in [1.29, 1.82) is 0 Å². The first-order chi connectivity index (χ1) is 12.9. The molecule has 0 bridgehead atoms. The van der Waals surface area contributed by atoms with Crippen molar-refractivity contribution in [3.8, 4) is 5.75 Å². The third-order valence-corrected chi connectivity index (χ3v) is 6.23. The molecule has 1 amide bonds. The predicted molar refractivity (Wildman–Crippen MR) is 104 cm³/mol. The Kier molecular flexibility index (Phi) is 4.80. The highest BCUT2D eigenvalue weighted by Gasteiger charge is 2.58. The first kappa shape index (κ1) is 18.6. The number of hydrogen-bond donors (Lipinski definition) is 1. The van der Waals surface area contributed by atoms with Gasteiger partial charge in [-0.15, -0.1) is 0 Å². The van der Waals surface area contributed by atoms with Gasteiger partial charge in [-0.2, -0.15) is 0 Å². The van der Waals surface area contributed by atoms with Crippen LogP contribution in [0.3, 0.4) is 0 Å². The minimum atomic E-state index is -0.164. The Hall–Kier alpha value is -1.79. The molecule has 1 unspecified atom stereocenters. The number of rotatable bonds is 4. The van der Waals surface area contributed by atoms with E-state index in [0.717, 1.165) is 56.9 Å². The molecule has 2 aliphatic heterocycles. The standard InChI is InChI=1S/C21H30N2O4/c1-20(2)14-23(8-11-27-20)15-4-5-17(18(12-15)25-3)22-19(24)16-13-21(16)6-9-26-10-7-21/h4-5,12,16H,6-11,13-14H2,1-3H3,(H,22,24). The van der Waals surface area contributed by atoms with Crippen LogP contribution in [0, 0.1) is 11.3 Å². The van der Waals surface area contributed by atoms with Gasteiger partial charge < -0.3 is 24.4 Å². The van der Waals surface area contributed by atoms with Gasteiger partial charge in [0, 0.05) is 44.0 Å². The summed E-state index contributed by atoms with van der Waals surface area (Å²) < 4.78 is 16.8. The lowest BCUT2D eigenvalue weighted by atomic mass is 9.93. The fraction of sp³-hybridized carbons (Fsp3) is 0.667. The highest BCUT2D eigenvalue weighted by atomic mass is 16.5. The molecule has 27 heavy (non-hydrogen) atoms. The maximum Gasteiger partial charge on any atom is 0.228 e. The molecule has 3 aliphatic rings. The number of carbonyl (C=O) groups excluding carboxylic acids is 1. The third-order valence-electron chi connectivity index (χ3n) is 6.23. The van der Waals surface area contributed by atoms with E-state index in [4.69, 9.17) is 14.2 Å². The van der Waals surface area contributed by atoms with Crippen LogP contribution in [0.25, 0.3) is 0 Å². The molecule has 4 rings (SSSR count). The Labute approximate surface area is 161 Å². The first-order valence-corrected chi connectivity index (χ1v) is 9.88. The van der Waals surface area contributed by atoms with Crippen molar-refractivity contribution < 1.29 is 19.0 Å². The number of methoxy groups -OCH3 is 1. The van der Waals surface area contributed by atoms with Crippen LogP contribution in [0.2, 0.25) is 0 Å². The van der Waals surface area contributed by atoms with Crippen LogP contribution >= 0.6 is 0 Å². The Balaban J connectivity index is 1.45. The number of anilines is 2. The average molecular weight is 374 g/mol. The summed E-state index contributed by atoms with van der Waals surface area (Å²) in [6, 6.07) is 6.01. The largest absolute Gasteiger partial charge is 0.494 e. The van der Waals surface area contributed by atoms with Crippen LogP contribution in [0.1, 0.15) is 33.1 Å². The number of nitrogens with zero attached hydrogens (tertiary/aromatic N) is 1. The van der Waals surface area contributed by atoms with E-state index in [1.54, 1.807) is 7.11 Å². The maximum atomic E-state index is 12.8. The van der Waals surface area contributed by atoms with Gasteiger partial charge in [0.05, 0.1) is 25.0 Å². The Morgan fingerprint density at radius 2 is 2.04 bits per heavy atom. The molecule has 6 heteroatoms. The number of amides is 1. The van der Waals surface area contributed by atoms with E-state index in [2.05, 4.69) is 30.1 Å². The summed E-state index contributed by atoms with van der Waals surface area (Å²) in [5, 5.41) is 3.09. The molecular formula is C21H30N2O4. The van der Waals surface area contributed by atoms with Gasteiger partial charge in [0.2, 0.25) is 5.91 Å². The van der Waals surface area contributed by atoms with Crippen LogP contribution < -0.4 is 15.0 Å². The Morgan fingerprint density at radius 3 is 2.74 bits per heavy atom. The van der Waals surface area contributed by atoms with E-state index in [0.29, 0.717) is 12.4 Å². The predicted octanol–water partition coefficient (Wildman–Crippen LogP) is 3.07. The van der Waals surface area contributed by atoms with Gasteiger partial charge in [0.1, 0.15) is 5.75 Å². The lowest BCUT2D eigenvalue weighted by Gasteiger charge is -2.39. The quantitative estimate of drug-likeness (QED) is 0.878. The maximum absolute atomic E-state index is 12.8. The van der Waals surface area contributed by atoms with Gasteiger partial charge in [-0.1, -0.05) is 0 Å². The molecule has 1 saturated carbocycles. The van der Waals surface area contributed by atoms with Crippen LogP contribution in [0.15, 0.2) is 18.2 Å². The van der Waals surface area contributed by atoms with Crippen LogP contribution in [-0.2, 0) is 14.3 Å². The number of morpholine rings is 1. The molecule has 1 aliphatic carbocycles. The summed E-state index contributed by atoms with van der Waals surface area (Å²) in [6.07, 6.45) is 2.97. The molecule has 0 radical (unpaired) electrons. The fourth-order valence-electron chi connectivity index (χ4n) is 4.49. The van der Waals surface area contributed by atoms with Crippen molar-refractivity contribution in [2.24, 2.45) is 11.3 Å². The smallest absolute Gasteiger partial charge is 0.228 e. The molecule has 2 saturated heterocycles. The molecule has 0 aromatic heterocycles. The number of ether oxygens (including phenoxy) is 3. The van der Waals surface area contributed by atoms with Gasteiger partial charge in [0.25, 0.3) is 0 Å². The second kappa shape index (κ2) is 6.99. The van der Waals surface area contributed by atoms with Crippen molar-refractivity contribution in [2.45, 2.75) is 38.7 Å². The second-order valence-electron chi connectivity index (χ2n) is 8.64. The molecular weight excluding hydrogens is 344 g/mol. The SMILES string of the molecule is COc1cc(N2CCOC(C)(C)C2)ccc1NC(=O)C1CC12CCOCC2. The normalized spacial score (nSPS) is 25.9. The van der Waals surface area contributed by atoms with Crippen LogP contribution in [-0.4, -0.2) is 51.5 Å². The summed E-state index contributed by atoms with van der Waals surface area (Å²) in [5.74, 6) is 0.910. The van der Waals surface area contributed by atoms with E-state index in [1.807, 2.05) is 12.1 Å². The number of hydrogen-bond acceptors (Lipinski definition) is 5. The molecule has 1 spiro atoms. The summed E-state index contributed by atoms with van der Waals surface area (Å²) in [5.41, 5.74) is 1.85. The Bertz CT molecular complexity index is 712. The third kappa shape index (κ3) is 3.78. The lowest BCUT2D eigenvalue weighted by molar-refractivity contribution is -0.118. The van der Waals surface area contributed by atoms with Crippen LogP contribution in [0.5, 0.6) is 5.75 Å². The van der Waals surface area contributed by atoms with Crippen molar-refractivity contribution in [3.05, 3.63) is 18.2 Å². The zero-order valence-corrected chi connectivity index (χ0v) is 16.5. The van der Waals surface area contributed by atoms with Crippen LogP contribution in [0.4, 0.5) is 11.4 Å². The second-order valence-corrected chi connectivity index (χ2v) is 8.64. The number of benzene rings is 1. The number of carbonyl (C=O) groups is 1. The van der Waals surface area contributed by atoms with Gasteiger partial charge in [0.15, 0.2) is 0 Å². The summed E-state index contributed by atoms with van der Waals surface area (Å²) in [6.45, 7) is 8.15. The van der Waals surface area contributed by atoms with E-state index in [9.17, 15) is 4.79 Å². The molecule has 1 atom stereocenters. The van der Waals surface area contributed by atoms with Gasteiger partial charge in [-0.05, 0) is 50.7 Å². The zero-order valence-electron chi connectivity index (χ0n) is 16.5. The monoisotopic (exact) mass is 374 g/mol. The highest BCUT2D eigenvalue weighted by molar-refractivity contribution is 5.96. The molecule has 1 aromatic rings. The molecule has 1 aromatic carbocycles. The highest BCUT2D eigenvalue weighted by Crippen LogP contribution is 2.59. The minimum Gasteiger partial charge on any atom is -0.494 e.